The van der Waals surface area contributed by atoms with Gasteiger partial charge in [-0.05, 0) is 28.1 Å². The Morgan fingerprint density at radius 1 is 1.04 bits per heavy atom. The highest BCUT2D eigenvalue weighted by Crippen LogP contribution is 2.43. The molecule has 23 heavy (non-hydrogen) atoms. The van der Waals surface area contributed by atoms with Crippen LogP contribution in [0.2, 0.25) is 0 Å². The summed E-state index contributed by atoms with van der Waals surface area (Å²) >= 11 is 3.25. The number of hydrogen-bond acceptors (Lipinski definition) is 5. The van der Waals surface area contributed by atoms with Crippen molar-refractivity contribution in [3.8, 4) is 16.9 Å². The zero-order valence-corrected chi connectivity index (χ0v) is 14.6. The van der Waals surface area contributed by atoms with Crippen molar-refractivity contribution in [2.45, 2.75) is 4.90 Å². The number of nitro groups is 2. The van der Waals surface area contributed by atoms with Crippen LogP contribution in [0.1, 0.15) is 0 Å². The minimum Gasteiger partial charge on any atom is -0.503 e. The lowest BCUT2D eigenvalue weighted by molar-refractivity contribution is -0.387. The third kappa shape index (κ3) is 3.30. The minimum atomic E-state index is -0.540. The van der Waals surface area contributed by atoms with Gasteiger partial charge in [0.15, 0.2) is 5.75 Å². The van der Waals surface area contributed by atoms with E-state index in [0.717, 1.165) is 0 Å². The number of nitrogens with zero attached hydrogens (tertiary/aromatic N) is 2. The number of halogens is 1. The minimum absolute atomic E-state index is 0.0898. The van der Waals surface area contributed by atoms with E-state index in [1.54, 1.807) is 12.5 Å². The van der Waals surface area contributed by atoms with Crippen molar-refractivity contribution in [1.29, 1.82) is 0 Å². The van der Waals surface area contributed by atoms with Gasteiger partial charge in [-0.1, -0.05) is 0 Å². The van der Waals surface area contributed by atoms with Gasteiger partial charge in [-0.25, -0.2) is 0 Å². The first-order valence-corrected chi connectivity index (χ1v) is 9.09. The molecule has 0 amide bonds. The number of nitro benzene ring substituents is 2. The molecule has 9 heteroatoms. The molecule has 2 aromatic carbocycles. The quantitative estimate of drug-likeness (QED) is 0.476. The first kappa shape index (κ1) is 17.2. The average Bonchev–Trinajstić information content (AvgIpc) is 2.46. The molecule has 0 bridgehead atoms. The molecule has 1 N–H and O–H groups in total. The smallest absolute Gasteiger partial charge is 0.327 e. The fourth-order valence-corrected chi connectivity index (χ4v) is 3.80. The number of non-ortho nitro benzene ring substituents is 1. The fourth-order valence-electron chi connectivity index (χ4n) is 2.16. The average molecular weight is 400 g/mol. The van der Waals surface area contributed by atoms with E-state index in [0.29, 0.717) is 15.6 Å². The monoisotopic (exact) mass is 399 g/mol. The molecule has 0 aliphatic carbocycles. The zero-order valence-electron chi connectivity index (χ0n) is 12.1. The SMILES string of the molecule is C[S+](C)c1c([N+](=O)[O-])ccc(-c2ccc([N+](=O)[O-])cc2Br)c1O. The Bertz CT molecular complexity index is 810. The summed E-state index contributed by atoms with van der Waals surface area (Å²) < 4.78 is 0.425. The molecule has 2 rings (SSSR count). The lowest BCUT2D eigenvalue weighted by Gasteiger charge is -2.09. The number of rotatable bonds is 4. The van der Waals surface area contributed by atoms with Crippen molar-refractivity contribution in [3.05, 3.63) is 55.0 Å². The van der Waals surface area contributed by atoms with Gasteiger partial charge in [-0.2, -0.15) is 0 Å². The van der Waals surface area contributed by atoms with Crippen LogP contribution in [0.15, 0.2) is 39.7 Å². The Morgan fingerprint density at radius 2 is 1.65 bits per heavy atom. The third-order valence-electron chi connectivity index (χ3n) is 3.17. The number of phenols is 1. The molecule has 0 atom stereocenters. The first-order chi connectivity index (χ1) is 10.7. The molecule has 0 radical (unpaired) electrons. The van der Waals surface area contributed by atoms with E-state index < -0.39 is 20.7 Å². The highest BCUT2D eigenvalue weighted by atomic mass is 79.9. The zero-order chi connectivity index (χ0) is 17.3. The van der Waals surface area contributed by atoms with E-state index in [1.807, 2.05) is 0 Å². The molecule has 120 valence electrons. The van der Waals surface area contributed by atoms with Crippen LogP contribution < -0.4 is 0 Å². The van der Waals surface area contributed by atoms with Crippen LogP contribution in [0, 0.1) is 20.2 Å². The molecular formula is C14H12BrN2O5S+. The van der Waals surface area contributed by atoms with Gasteiger partial charge in [0.1, 0.15) is 12.5 Å². The van der Waals surface area contributed by atoms with Gasteiger partial charge in [0.05, 0.1) is 9.85 Å². The summed E-state index contributed by atoms with van der Waals surface area (Å²) in [5, 5.41) is 32.4. The Labute approximate surface area is 142 Å². The lowest BCUT2D eigenvalue weighted by Crippen LogP contribution is -2.03. The van der Waals surface area contributed by atoms with Crippen LogP contribution in [0.4, 0.5) is 11.4 Å². The molecule has 0 heterocycles. The summed E-state index contributed by atoms with van der Waals surface area (Å²) in [7, 11) is -0.540. The van der Waals surface area contributed by atoms with E-state index in [9.17, 15) is 25.3 Å². The summed E-state index contributed by atoms with van der Waals surface area (Å²) in [4.78, 5) is 21.1. The van der Waals surface area contributed by atoms with Crippen LogP contribution in [0.25, 0.3) is 11.1 Å². The second-order valence-corrected chi connectivity index (χ2v) is 7.70. The van der Waals surface area contributed by atoms with E-state index in [4.69, 9.17) is 0 Å². The predicted octanol–water partition coefficient (Wildman–Crippen LogP) is 3.87. The summed E-state index contributed by atoms with van der Waals surface area (Å²) in [6.45, 7) is 0. The van der Waals surface area contributed by atoms with Gasteiger partial charge in [-0.3, -0.25) is 20.2 Å². The topological polar surface area (TPSA) is 107 Å². The summed E-state index contributed by atoms with van der Waals surface area (Å²) in [6, 6.07) is 6.92. The Morgan fingerprint density at radius 3 is 2.13 bits per heavy atom. The molecule has 0 saturated heterocycles. The lowest BCUT2D eigenvalue weighted by atomic mass is 10.0. The Hall–Kier alpha value is -2.13. The van der Waals surface area contributed by atoms with Gasteiger partial charge in [0.2, 0.25) is 0 Å². The highest BCUT2D eigenvalue weighted by Gasteiger charge is 2.31. The molecule has 0 spiro atoms. The van der Waals surface area contributed by atoms with Crippen molar-refractivity contribution >= 4 is 38.2 Å². The van der Waals surface area contributed by atoms with Crippen LogP contribution >= 0.6 is 15.9 Å². The molecular weight excluding hydrogens is 388 g/mol. The maximum absolute atomic E-state index is 11.1. The molecule has 0 unspecified atom stereocenters. The van der Waals surface area contributed by atoms with E-state index in [2.05, 4.69) is 15.9 Å². The van der Waals surface area contributed by atoms with Crippen LogP contribution in [-0.2, 0) is 10.9 Å². The van der Waals surface area contributed by atoms with Crippen molar-refractivity contribution in [2.24, 2.45) is 0 Å². The molecule has 0 aromatic heterocycles. The maximum Gasteiger partial charge on any atom is 0.327 e. The standard InChI is InChI=1S/C14H11BrN2O5S/c1-23(2)14-12(17(21)22)6-5-10(13(14)18)9-4-3-8(16(19)20)7-11(9)15/h3-7H,1-2H3/p+1. The first-order valence-electron chi connectivity index (χ1n) is 6.26. The largest absolute Gasteiger partial charge is 0.503 e. The molecule has 2 aromatic rings. The number of aromatic hydroxyl groups is 1. The third-order valence-corrected chi connectivity index (χ3v) is 5.04. The summed E-state index contributed by atoms with van der Waals surface area (Å²) in [5.41, 5.74) is 0.675. The second kappa shape index (κ2) is 6.55. The Balaban J connectivity index is 2.68. The predicted molar refractivity (Wildman–Crippen MR) is 92.0 cm³/mol. The molecule has 7 nitrogen and oxygen atoms in total. The number of phenolic OH excluding ortho intramolecular Hbond substituents is 1. The Kier molecular flexibility index (Phi) is 4.90. The van der Waals surface area contributed by atoms with E-state index in [-0.39, 0.29) is 22.0 Å². The highest BCUT2D eigenvalue weighted by molar-refractivity contribution is 9.10. The van der Waals surface area contributed by atoms with E-state index in [1.165, 1.54) is 30.3 Å². The van der Waals surface area contributed by atoms with Crippen molar-refractivity contribution in [1.82, 2.24) is 0 Å². The van der Waals surface area contributed by atoms with Crippen molar-refractivity contribution in [3.63, 3.8) is 0 Å². The van der Waals surface area contributed by atoms with Crippen molar-refractivity contribution in [2.75, 3.05) is 12.5 Å². The van der Waals surface area contributed by atoms with Gasteiger partial charge in [0, 0.05) is 44.7 Å². The van der Waals surface area contributed by atoms with Crippen LogP contribution in [0.5, 0.6) is 5.75 Å². The second-order valence-electron chi connectivity index (χ2n) is 4.80. The number of hydrogen-bond donors (Lipinski definition) is 1. The van der Waals surface area contributed by atoms with Crippen LogP contribution in [-0.4, -0.2) is 27.5 Å². The molecule has 0 aliphatic heterocycles. The summed E-state index contributed by atoms with van der Waals surface area (Å²) in [6.07, 6.45) is 3.55. The van der Waals surface area contributed by atoms with E-state index >= 15 is 0 Å². The van der Waals surface area contributed by atoms with Gasteiger partial charge in [0.25, 0.3) is 10.6 Å². The number of benzene rings is 2. The maximum atomic E-state index is 11.1. The fraction of sp³-hybridized carbons (Fsp3) is 0.143. The summed E-state index contributed by atoms with van der Waals surface area (Å²) in [5.74, 6) is -0.179. The van der Waals surface area contributed by atoms with Gasteiger partial charge >= 0.3 is 5.69 Å². The van der Waals surface area contributed by atoms with Gasteiger partial charge < -0.3 is 5.11 Å². The van der Waals surface area contributed by atoms with Crippen LogP contribution in [0.3, 0.4) is 0 Å². The molecule has 0 fully saturated rings. The normalized spacial score (nSPS) is 10.8. The molecule has 0 aliphatic rings. The molecule has 0 saturated carbocycles. The van der Waals surface area contributed by atoms with Crippen molar-refractivity contribution < 1.29 is 15.0 Å². The van der Waals surface area contributed by atoms with Gasteiger partial charge in [-0.15, -0.1) is 0 Å².